The van der Waals surface area contributed by atoms with Gasteiger partial charge in [0.1, 0.15) is 87.0 Å². The number of ether oxygens (including phenoxy) is 2. The van der Waals surface area contributed by atoms with Crippen molar-refractivity contribution in [2.24, 2.45) is 0 Å². The Kier molecular flexibility index (Phi) is 48.4. The van der Waals surface area contributed by atoms with Crippen molar-refractivity contribution in [1.29, 1.82) is 0 Å². The zero-order chi connectivity index (χ0) is 61.0. The van der Waals surface area contributed by atoms with Crippen LogP contribution in [0.3, 0.4) is 0 Å². The first-order valence-electron chi connectivity index (χ1n) is 24.3. The number of aliphatic hydroxyl groups is 6. The van der Waals surface area contributed by atoms with E-state index in [2.05, 4.69) is 109 Å². The first kappa shape index (κ1) is 90.3. The molecule has 38 heteroatoms. The molecule has 2 saturated heterocycles. The SMILES string of the molecule is C.C.C.C.C.C=CCSS(=O)CC=C.C=CCSS(=O)CC=C.C=CCSSc1ncnc2c1ncn2[C@H]1O[C@@H](CO)[C@H](O)[C@@H]1O.C=CCSSc1ncnc2nc[nH]c12.O.O.OC[C@@H]1O[C@H](n2cnc3c(=S)nc[nH]c32)[C@@H](O)[C@H]1O.S=c1nc[nH]c2nc[nH]c12. The number of aromatic nitrogens is 16. The van der Waals surface area contributed by atoms with Crippen LogP contribution in [0.25, 0.3) is 44.7 Å². The minimum atomic E-state index is -1.18. The molecule has 14 N–H and O–H groups in total. The molecule has 8 aromatic rings. The summed E-state index contributed by atoms with van der Waals surface area (Å²) in [6, 6.07) is 0. The third kappa shape index (κ3) is 26.4. The van der Waals surface area contributed by atoms with Crippen molar-refractivity contribution in [2.45, 2.75) is 96.3 Å². The molecule has 0 spiro atoms. The Bertz CT molecular complexity index is 3530. The summed E-state index contributed by atoms with van der Waals surface area (Å²) in [5, 5.41) is 59.6. The first-order chi connectivity index (χ1) is 40.7. The maximum Gasteiger partial charge on any atom is 0.181 e. The summed E-state index contributed by atoms with van der Waals surface area (Å²) in [6.07, 6.45) is 14.5. The van der Waals surface area contributed by atoms with Gasteiger partial charge in [0.15, 0.2) is 38.7 Å². The molecule has 0 bridgehead atoms. The van der Waals surface area contributed by atoms with Gasteiger partial charge in [0, 0.05) is 23.0 Å². The monoisotopic (exact) mass is 1460 g/mol. The molecule has 0 aliphatic carbocycles. The summed E-state index contributed by atoms with van der Waals surface area (Å²) in [6.45, 7) is 20.5. The fraction of sp³-hybridized carbons (Fsp3) is 0.396. The largest absolute Gasteiger partial charge is 0.412 e. The van der Waals surface area contributed by atoms with E-state index >= 15 is 0 Å². The highest BCUT2D eigenvalue weighted by atomic mass is 33.1. The molecule has 10 atom stereocenters. The lowest BCUT2D eigenvalue weighted by Gasteiger charge is -2.16. The van der Waals surface area contributed by atoms with Crippen LogP contribution in [0.1, 0.15) is 49.6 Å². The smallest absolute Gasteiger partial charge is 0.181 e. The summed E-state index contributed by atoms with van der Waals surface area (Å²) >= 11 is 9.95. The topological polar surface area (TPSA) is 439 Å². The number of aliphatic hydroxyl groups excluding tert-OH is 6. The molecule has 508 valence electrons. The van der Waals surface area contributed by atoms with Gasteiger partial charge in [-0.2, -0.15) is 0 Å². The van der Waals surface area contributed by atoms with Crippen LogP contribution in [0.2, 0.25) is 0 Å². The van der Waals surface area contributed by atoms with Gasteiger partial charge in [-0.05, 0) is 21.6 Å². The zero-order valence-electron chi connectivity index (χ0n) is 45.4. The number of aromatic amines is 4. The Labute approximate surface area is 567 Å². The normalized spacial score (nSPS) is 18.7. The van der Waals surface area contributed by atoms with Crippen LogP contribution in [0.5, 0.6) is 0 Å². The number of imidazole rings is 4. The minimum absolute atomic E-state index is 0. The van der Waals surface area contributed by atoms with E-state index in [0.29, 0.717) is 53.8 Å². The minimum Gasteiger partial charge on any atom is -0.412 e. The quantitative estimate of drug-likeness (QED) is 0.0102. The summed E-state index contributed by atoms with van der Waals surface area (Å²) in [4.78, 5) is 52.4. The lowest BCUT2D eigenvalue weighted by Crippen LogP contribution is -2.33. The molecule has 2 unspecified atom stereocenters. The molecule has 10 rings (SSSR count). The highest BCUT2D eigenvalue weighted by Crippen LogP contribution is 2.37. The lowest BCUT2D eigenvalue weighted by atomic mass is 10.1. The number of H-pyrrole nitrogens is 4. The maximum atomic E-state index is 10.8. The van der Waals surface area contributed by atoms with Gasteiger partial charge in [0.05, 0.1) is 82.3 Å². The van der Waals surface area contributed by atoms with E-state index in [1.54, 1.807) is 80.0 Å². The van der Waals surface area contributed by atoms with Crippen LogP contribution < -0.4 is 0 Å². The second-order valence-corrected chi connectivity index (χ2v) is 28.2. The van der Waals surface area contributed by atoms with Gasteiger partial charge in [0.25, 0.3) is 0 Å². The van der Waals surface area contributed by atoms with E-state index in [1.807, 2.05) is 6.08 Å². The molecule has 2 aliphatic heterocycles. The van der Waals surface area contributed by atoms with Gasteiger partial charge in [-0.25, -0.2) is 58.3 Å². The molecule has 0 aromatic carbocycles. The average molecular weight is 1460 g/mol. The van der Waals surface area contributed by atoms with Crippen molar-refractivity contribution in [3.8, 4) is 0 Å². The van der Waals surface area contributed by atoms with E-state index in [4.69, 9.17) is 39.0 Å². The third-order valence-electron chi connectivity index (χ3n) is 10.5. The van der Waals surface area contributed by atoms with Gasteiger partial charge < -0.3 is 71.0 Å². The molecule has 8 aromatic heterocycles. The average Bonchev–Trinajstić information content (AvgIpc) is 1.65. The van der Waals surface area contributed by atoms with Gasteiger partial charge >= 0.3 is 0 Å². The number of rotatable bonds is 22. The van der Waals surface area contributed by atoms with Gasteiger partial charge in [0.2, 0.25) is 0 Å². The van der Waals surface area contributed by atoms with E-state index in [0.717, 1.165) is 44.7 Å². The van der Waals surface area contributed by atoms with E-state index in [-0.39, 0.29) is 61.3 Å². The summed E-state index contributed by atoms with van der Waals surface area (Å²) in [5.74, 6) is 4.30. The predicted octanol–water partition coefficient (Wildman–Crippen LogP) is 7.80. The number of hydrogen-bond donors (Lipinski definition) is 10. The number of fused-ring (bicyclic) bond motifs is 4. The van der Waals surface area contributed by atoms with Crippen molar-refractivity contribution >= 4 is 154 Å². The van der Waals surface area contributed by atoms with E-state index in [1.165, 1.54) is 74.9 Å². The molecule has 0 radical (unpaired) electrons. The standard InChI is InChI=1S/C13H16N4O4S2.C10H12N4O4S.C8H8N4S2.2C6H10OS2.C5H4N4S.5CH4.2H2O/c1-2-3-22-23-12-8-11(14-5-15-12)17(6-16-8)13-10(20)9(19)7(4-18)21-13;15-1-4-6(16)7(17)10(18-4)14-3-13-5-8(14)11-2-12-9(5)19;1-2-3-13-14-8-6-7(10-4-9-6)11-5-12-8;2*1-3-5-8-9(7)6-4-2;10-5-3-4(7-1-6-3)8-2-9-5;;;;;;;/h2,5-7,9-10,13,18-20H,1,3-4H2;2-4,6-7,10,15-17H,1H2,(H,11,12,19);2,4-5H,1,3H2,(H,9,10,11,12);2*3-4H,1-2,5-6H2;1-2H,(H2,6,7,8,9,10);5*1H4;2*1H2/t7-,9-,10-,13-;4-,6-,7-,10-;;;;;;;;;;;/m00.........../s1. The maximum absolute atomic E-state index is 10.8. The van der Waals surface area contributed by atoms with Gasteiger partial charge in [-0.3, -0.25) is 9.13 Å². The second kappa shape index (κ2) is 48.7. The predicted molar refractivity (Wildman–Crippen MR) is 384 cm³/mol. The molecule has 10 heterocycles. The van der Waals surface area contributed by atoms with Crippen LogP contribution >= 0.6 is 89.2 Å². The van der Waals surface area contributed by atoms with Crippen molar-refractivity contribution < 1.29 is 59.5 Å². The zero-order valence-corrected chi connectivity index (χ0v) is 53.5. The number of nitrogens with one attached hydrogen (secondary N) is 4. The molecular formula is C53H84N16O12S10. The molecule has 0 amide bonds. The fourth-order valence-electron chi connectivity index (χ4n) is 6.77. The molecule has 28 nitrogen and oxygen atoms in total. The summed E-state index contributed by atoms with van der Waals surface area (Å²) < 4.78 is 36.4. The first-order valence-corrected chi connectivity index (χ1v) is 35.4. The Morgan fingerprint density at radius 1 is 0.527 bits per heavy atom. The van der Waals surface area contributed by atoms with Crippen LogP contribution in [-0.4, -0.2) is 213 Å². The molecule has 2 fully saturated rings. The van der Waals surface area contributed by atoms with Crippen LogP contribution in [-0.2, 0) is 29.1 Å². The van der Waals surface area contributed by atoms with Crippen molar-refractivity contribution in [1.82, 2.24) is 78.9 Å². The highest BCUT2D eigenvalue weighted by Gasteiger charge is 2.45. The van der Waals surface area contributed by atoms with Crippen LogP contribution in [0.4, 0.5) is 0 Å². The number of hydrogen-bond acceptors (Lipinski definition) is 28. The Morgan fingerprint density at radius 3 is 1.52 bits per heavy atom. The summed E-state index contributed by atoms with van der Waals surface area (Å²) in [7, 11) is 7.51. The van der Waals surface area contributed by atoms with Gasteiger partial charge in [-0.15, -0.1) is 39.5 Å². The molecular weight excluding hydrogens is 1370 g/mol. The lowest BCUT2D eigenvalue weighted by molar-refractivity contribution is -0.0511. The van der Waals surface area contributed by atoms with E-state index < -0.39 is 68.7 Å². The van der Waals surface area contributed by atoms with Crippen molar-refractivity contribution in [2.75, 3.05) is 47.7 Å². The van der Waals surface area contributed by atoms with Crippen LogP contribution in [0, 0.1) is 9.28 Å². The Balaban J connectivity index is -0.00000104. The molecule has 0 saturated carbocycles. The van der Waals surface area contributed by atoms with Crippen molar-refractivity contribution in [3.63, 3.8) is 0 Å². The Hall–Kier alpha value is -4.92. The molecule has 2 aliphatic rings. The highest BCUT2D eigenvalue weighted by molar-refractivity contribution is 8.77. The fourth-order valence-corrected chi connectivity index (χ4v) is 14.5. The summed E-state index contributed by atoms with van der Waals surface area (Å²) in [5.41, 5.74) is 5.25. The Morgan fingerprint density at radius 2 is 0.989 bits per heavy atom. The van der Waals surface area contributed by atoms with Crippen LogP contribution in [0.15, 0.2) is 137 Å². The second-order valence-electron chi connectivity index (χ2n) is 16.1. The third-order valence-corrected chi connectivity index (χ3v) is 21.0. The van der Waals surface area contributed by atoms with Gasteiger partial charge in [-0.1, -0.05) is 141 Å². The number of nitrogens with zero attached hydrogens (tertiary/aromatic N) is 12. The van der Waals surface area contributed by atoms with E-state index in [9.17, 15) is 34.0 Å². The molecule has 91 heavy (non-hydrogen) atoms. The van der Waals surface area contributed by atoms with Crippen molar-refractivity contribution in [3.05, 3.63) is 136 Å².